The molecule has 0 saturated heterocycles. The van der Waals surface area contributed by atoms with Gasteiger partial charge in [0, 0.05) is 21.6 Å². The molecule has 4 rings (SSSR count). The van der Waals surface area contributed by atoms with Crippen LogP contribution in [0, 0.1) is 5.92 Å². The summed E-state index contributed by atoms with van der Waals surface area (Å²) in [5.74, 6) is 0.816. The van der Waals surface area contributed by atoms with Crippen molar-refractivity contribution in [2.24, 2.45) is 5.92 Å². The van der Waals surface area contributed by atoms with E-state index >= 15 is 0 Å². The summed E-state index contributed by atoms with van der Waals surface area (Å²) in [5, 5.41) is 1.31. The van der Waals surface area contributed by atoms with E-state index in [1.807, 2.05) is 11.3 Å². The second kappa shape index (κ2) is 4.20. The Morgan fingerprint density at radius 1 is 1.16 bits per heavy atom. The number of aryl methyl sites for hydroxylation is 2. The van der Waals surface area contributed by atoms with Crippen LogP contribution in [0.2, 0.25) is 0 Å². The van der Waals surface area contributed by atoms with Gasteiger partial charge in [0.1, 0.15) is 4.83 Å². The van der Waals surface area contributed by atoms with Gasteiger partial charge in [-0.25, -0.2) is 4.98 Å². The van der Waals surface area contributed by atoms with E-state index in [-0.39, 0.29) is 0 Å². The second-order valence-electron chi connectivity index (χ2n) is 6.19. The van der Waals surface area contributed by atoms with Gasteiger partial charge in [-0.2, -0.15) is 0 Å². The fourth-order valence-electron chi connectivity index (χ4n) is 3.67. The van der Waals surface area contributed by atoms with E-state index < -0.39 is 0 Å². The van der Waals surface area contributed by atoms with E-state index in [0.717, 1.165) is 24.4 Å². The van der Waals surface area contributed by atoms with Crippen LogP contribution in [0.4, 0.5) is 5.69 Å². The van der Waals surface area contributed by atoms with Gasteiger partial charge in [-0.3, -0.25) is 0 Å². The van der Waals surface area contributed by atoms with Gasteiger partial charge < -0.3 is 5.73 Å². The van der Waals surface area contributed by atoms with Crippen LogP contribution in [0.25, 0.3) is 10.2 Å². The van der Waals surface area contributed by atoms with Crippen molar-refractivity contribution in [3.8, 4) is 0 Å². The van der Waals surface area contributed by atoms with Crippen LogP contribution >= 0.6 is 11.3 Å². The Morgan fingerprint density at radius 2 is 2.00 bits per heavy atom. The van der Waals surface area contributed by atoms with Gasteiger partial charge in [0.05, 0.1) is 0 Å². The summed E-state index contributed by atoms with van der Waals surface area (Å²) in [6.07, 6.45) is 8.51. The highest BCUT2D eigenvalue weighted by atomic mass is 32.1. The van der Waals surface area contributed by atoms with Gasteiger partial charge in [0.15, 0.2) is 0 Å². The van der Waals surface area contributed by atoms with Gasteiger partial charge in [0.2, 0.25) is 0 Å². The smallest absolute Gasteiger partial charge is 0.126 e. The topological polar surface area (TPSA) is 38.9 Å². The first-order chi connectivity index (χ1) is 9.24. The lowest BCUT2D eigenvalue weighted by molar-refractivity contribution is 0.509. The molecule has 0 bridgehead atoms. The lowest BCUT2D eigenvalue weighted by atomic mass is 9.87. The lowest BCUT2D eigenvalue weighted by Gasteiger charge is -2.20. The van der Waals surface area contributed by atoms with Gasteiger partial charge in [0.25, 0.3) is 0 Å². The van der Waals surface area contributed by atoms with E-state index in [1.165, 1.54) is 59.1 Å². The normalized spacial score (nSPS) is 22.3. The Hall–Kier alpha value is -1.09. The molecule has 2 aliphatic rings. The maximum Gasteiger partial charge on any atom is 0.126 e. The number of fused-ring (bicyclic) bond motifs is 4. The number of rotatable bonds is 0. The maximum atomic E-state index is 6.51. The van der Waals surface area contributed by atoms with Crippen molar-refractivity contribution in [3.63, 3.8) is 0 Å². The number of pyridine rings is 1. The largest absolute Gasteiger partial charge is 0.398 e. The van der Waals surface area contributed by atoms with Crippen LogP contribution in [-0.4, -0.2) is 4.98 Å². The fraction of sp³-hybridized carbons (Fsp3) is 0.562. The zero-order valence-electron chi connectivity index (χ0n) is 11.5. The number of nitrogens with two attached hydrogens (primary N) is 1. The molecule has 2 N–H and O–H groups in total. The molecule has 0 radical (unpaired) electrons. The molecule has 2 aromatic rings. The number of hydrogen-bond acceptors (Lipinski definition) is 3. The van der Waals surface area contributed by atoms with Gasteiger partial charge in [-0.05, 0) is 62.0 Å². The standard InChI is InChI=1S/C16H20N2S/c1-9-6-7-11-13(8-9)19-16-14(11)15(17)10-4-2-3-5-12(10)18-16/h9H,2-8H2,1H3,(H2,17,18). The maximum absolute atomic E-state index is 6.51. The monoisotopic (exact) mass is 272 g/mol. The highest BCUT2D eigenvalue weighted by Crippen LogP contribution is 2.42. The molecule has 2 nitrogen and oxygen atoms in total. The van der Waals surface area contributed by atoms with Gasteiger partial charge >= 0.3 is 0 Å². The van der Waals surface area contributed by atoms with Crippen molar-refractivity contribution < 1.29 is 0 Å². The predicted molar refractivity (Wildman–Crippen MR) is 81.9 cm³/mol. The van der Waals surface area contributed by atoms with Crippen LogP contribution in [-0.2, 0) is 25.7 Å². The van der Waals surface area contributed by atoms with Crippen molar-refractivity contribution in [1.29, 1.82) is 0 Å². The molecule has 0 saturated carbocycles. The Kier molecular flexibility index (Phi) is 2.59. The summed E-state index contributed by atoms with van der Waals surface area (Å²) >= 11 is 1.90. The third-order valence-corrected chi connectivity index (χ3v) is 5.91. The molecule has 0 amide bonds. The van der Waals surface area contributed by atoms with Gasteiger partial charge in [-0.15, -0.1) is 11.3 Å². The predicted octanol–water partition coefficient (Wildman–Crippen LogP) is 3.88. The number of thiophene rings is 1. The highest BCUT2D eigenvalue weighted by molar-refractivity contribution is 7.19. The quantitative estimate of drug-likeness (QED) is 0.790. The molecule has 2 aliphatic carbocycles. The Bertz CT molecular complexity index is 657. The molecule has 19 heavy (non-hydrogen) atoms. The molecule has 1 atom stereocenters. The van der Waals surface area contributed by atoms with Crippen molar-refractivity contribution >= 4 is 27.2 Å². The number of aromatic nitrogens is 1. The summed E-state index contributed by atoms with van der Waals surface area (Å²) in [5.41, 5.74) is 11.7. The first kappa shape index (κ1) is 11.7. The molecule has 0 spiro atoms. The van der Waals surface area contributed by atoms with E-state index in [0.29, 0.717) is 0 Å². The first-order valence-corrected chi connectivity index (χ1v) is 8.27. The Labute approximate surface area is 118 Å². The minimum Gasteiger partial charge on any atom is -0.398 e. The zero-order chi connectivity index (χ0) is 13.0. The van der Waals surface area contributed by atoms with Crippen molar-refractivity contribution in [2.45, 2.75) is 51.9 Å². The number of anilines is 1. The Morgan fingerprint density at radius 3 is 2.89 bits per heavy atom. The summed E-state index contributed by atoms with van der Waals surface area (Å²) in [6.45, 7) is 2.36. The van der Waals surface area contributed by atoms with Crippen molar-refractivity contribution in [3.05, 3.63) is 21.7 Å². The van der Waals surface area contributed by atoms with E-state index in [2.05, 4.69) is 6.92 Å². The van der Waals surface area contributed by atoms with Crippen LogP contribution < -0.4 is 5.73 Å². The third-order valence-electron chi connectivity index (χ3n) is 4.76. The average molecular weight is 272 g/mol. The third kappa shape index (κ3) is 1.71. The molecule has 100 valence electrons. The summed E-state index contributed by atoms with van der Waals surface area (Å²) in [6, 6.07) is 0. The van der Waals surface area contributed by atoms with Crippen LogP contribution in [0.3, 0.4) is 0 Å². The molecule has 0 fully saturated rings. The number of nitrogen functional groups attached to an aromatic ring is 1. The highest BCUT2D eigenvalue weighted by Gasteiger charge is 2.25. The van der Waals surface area contributed by atoms with Crippen LogP contribution in [0.15, 0.2) is 0 Å². The van der Waals surface area contributed by atoms with Crippen molar-refractivity contribution in [2.75, 3.05) is 5.73 Å². The SMILES string of the molecule is CC1CCc2c(sc3nc4c(c(N)c23)CCCC4)C1. The minimum atomic E-state index is 0.816. The zero-order valence-corrected chi connectivity index (χ0v) is 12.3. The summed E-state index contributed by atoms with van der Waals surface area (Å²) in [4.78, 5) is 7.70. The minimum absolute atomic E-state index is 0.816. The van der Waals surface area contributed by atoms with Crippen molar-refractivity contribution in [1.82, 2.24) is 4.98 Å². The van der Waals surface area contributed by atoms with Crippen LogP contribution in [0.1, 0.15) is 47.9 Å². The van der Waals surface area contributed by atoms with E-state index in [9.17, 15) is 0 Å². The average Bonchev–Trinajstić information content (AvgIpc) is 2.76. The van der Waals surface area contributed by atoms with Gasteiger partial charge in [-0.1, -0.05) is 6.92 Å². The second-order valence-corrected chi connectivity index (χ2v) is 7.27. The van der Waals surface area contributed by atoms with E-state index in [1.54, 1.807) is 4.88 Å². The number of hydrogen-bond donors (Lipinski definition) is 1. The Balaban J connectivity index is 1.99. The molecule has 2 aromatic heterocycles. The molecule has 3 heteroatoms. The molecule has 2 heterocycles. The van der Waals surface area contributed by atoms with E-state index in [4.69, 9.17) is 10.7 Å². The fourth-order valence-corrected chi connectivity index (χ4v) is 5.09. The van der Waals surface area contributed by atoms with Crippen LogP contribution in [0.5, 0.6) is 0 Å². The molecule has 1 unspecified atom stereocenters. The number of nitrogens with zero attached hydrogens (tertiary/aromatic N) is 1. The molecular formula is C16H20N2S. The lowest BCUT2D eigenvalue weighted by Crippen LogP contribution is -2.11. The first-order valence-electron chi connectivity index (χ1n) is 7.45. The summed E-state index contributed by atoms with van der Waals surface area (Å²) in [7, 11) is 0. The molecule has 0 aromatic carbocycles. The molecular weight excluding hydrogens is 252 g/mol. The molecule has 0 aliphatic heterocycles. The summed E-state index contributed by atoms with van der Waals surface area (Å²) < 4.78 is 0.